The predicted molar refractivity (Wildman–Crippen MR) is 119 cm³/mol. The van der Waals surface area contributed by atoms with Crippen LogP contribution in [0.3, 0.4) is 0 Å². The SMILES string of the molecule is COc1cc(/C=C2\C(=O)Nc3cc(C(F)(F)F)ccc32)cc(Br)c1OCc1ccccc1F. The van der Waals surface area contributed by atoms with Crippen molar-refractivity contribution in [2.45, 2.75) is 12.8 Å². The Morgan fingerprint density at radius 3 is 2.55 bits per heavy atom. The highest BCUT2D eigenvalue weighted by Crippen LogP contribution is 2.41. The van der Waals surface area contributed by atoms with Crippen molar-refractivity contribution < 1.29 is 31.8 Å². The molecule has 0 fully saturated rings. The van der Waals surface area contributed by atoms with Crippen molar-refractivity contribution in [3.05, 3.63) is 87.1 Å². The van der Waals surface area contributed by atoms with Crippen molar-refractivity contribution in [2.75, 3.05) is 12.4 Å². The zero-order valence-electron chi connectivity index (χ0n) is 17.1. The van der Waals surface area contributed by atoms with E-state index in [2.05, 4.69) is 21.2 Å². The number of amides is 1. The number of nitrogens with one attached hydrogen (secondary N) is 1. The molecule has 170 valence electrons. The summed E-state index contributed by atoms with van der Waals surface area (Å²) in [5.74, 6) is -0.236. The summed E-state index contributed by atoms with van der Waals surface area (Å²) in [6, 6.07) is 12.6. The van der Waals surface area contributed by atoms with E-state index < -0.39 is 23.5 Å². The van der Waals surface area contributed by atoms with Crippen LogP contribution in [-0.2, 0) is 17.6 Å². The van der Waals surface area contributed by atoms with Crippen molar-refractivity contribution >= 4 is 39.2 Å². The molecule has 0 radical (unpaired) electrons. The van der Waals surface area contributed by atoms with Crippen molar-refractivity contribution in [3.63, 3.8) is 0 Å². The Kier molecular flexibility index (Phi) is 6.16. The second-order valence-corrected chi connectivity index (χ2v) is 8.04. The third-order valence-corrected chi connectivity index (χ3v) is 5.61. The summed E-state index contributed by atoms with van der Waals surface area (Å²) in [6.07, 6.45) is -2.97. The molecule has 1 aliphatic rings. The van der Waals surface area contributed by atoms with E-state index in [1.807, 2.05) is 0 Å². The molecule has 33 heavy (non-hydrogen) atoms. The van der Waals surface area contributed by atoms with E-state index in [4.69, 9.17) is 9.47 Å². The van der Waals surface area contributed by atoms with Gasteiger partial charge in [0, 0.05) is 22.4 Å². The molecule has 4 rings (SSSR count). The van der Waals surface area contributed by atoms with Crippen LogP contribution >= 0.6 is 15.9 Å². The van der Waals surface area contributed by atoms with Crippen LogP contribution in [0, 0.1) is 5.82 Å². The zero-order valence-corrected chi connectivity index (χ0v) is 18.7. The minimum Gasteiger partial charge on any atom is -0.493 e. The molecule has 0 unspecified atom stereocenters. The molecule has 3 aromatic rings. The third-order valence-electron chi connectivity index (χ3n) is 5.02. The molecule has 0 aliphatic carbocycles. The van der Waals surface area contributed by atoms with Gasteiger partial charge in [0.05, 0.1) is 17.1 Å². The number of halogens is 5. The Labute approximate surface area is 195 Å². The standard InChI is InChI=1S/C24H16BrF4NO3/c1-32-21-10-13(9-18(25)22(21)33-12-14-4-2-3-5-19(14)26)8-17-16-7-6-15(24(27,28)29)11-20(16)30-23(17)31/h2-11H,12H2,1H3,(H,30,31)/b17-8-. The minimum absolute atomic E-state index is 0.0284. The van der Waals surface area contributed by atoms with E-state index in [-0.39, 0.29) is 17.9 Å². The van der Waals surface area contributed by atoms with Gasteiger partial charge in [-0.05, 0) is 57.9 Å². The van der Waals surface area contributed by atoms with Crippen LogP contribution in [0.15, 0.2) is 59.1 Å². The third kappa shape index (κ3) is 4.73. The van der Waals surface area contributed by atoms with Crippen LogP contribution in [0.25, 0.3) is 11.6 Å². The maximum absolute atomic E-state index is 13.9. The highest BCUT2D eigenvalue weighted by molar-refractivity contribution is 9.10. The van der Waals surface area contributed by atoms with Gasteiger partial charge in [-0.3, -0.25) is 4.79 Å². The lowest BCUT2D eigenvalue weighted by Gasteiger charge is -2.14. The highest BCUT2D eigenvalue weighted by atomic mass is 79.9. The van der Waals surface area contributed by atoms with Gasteiger partial charge in [0.1, 0.15) is 12.4 Å². The van der Waals surface area contributed by atoms with Gasteiger partial charge >= 0.3 is 6.18 Å². The lowest BCUT2D eigenvalue weighted by Crippen LogP contribution is -2.06. The number of carbonyl (C=O) groups excluding carboxylic acids is 1. The number of hydrogen-bond donors (Lipinski definition) is 1. The first-order chi connectivity index (χ1) is 15.7. The Balaban J connectivity index is 1.65. The normalized spacial score (nSPS) is 14.2. The molecule has 0 saturated carbocycles. The Bertz CT molecular complexity index is 1270. The van der Waals surface area contributed by atoms with Gasteiger partial charge in [0.25, 0.3) is 5.91 Å². The number of rotatable bonds is 5. The number of fused-ring (bicyclic) bond motifs is 1. The first-order valence-corrected chi connectivity index (χ1v) is 10.4. The van der Waals surface area contributed by atoms with Crippen LogP contribution < -0.4 is 14.8 Å². The molecule has 0 atom stereocenters. The molecular formula is C24H16BrF4NO3. The molecule has 3 aromatic carbocycles. The van der Waals surface area contributed by atoms with Crippen LogP contribution in [0.2, 0.25) is 0 Å². The lowest BCUT2D eigenvalue weighted by atomic mass is 10.0. The number of anilines is 1. The van der Waals surface area contributed by atoms with Gasteiger partial charge in [-0.25, -0.2) is 4.39 Å². The lowest BCUT2D eigenvalue weighted by molar-refractivity contribution is -0.137. The molecular weight excluding hydrogens is 506 g/mol. The summed E-state index contributed by atoms with van der Waals surface area (Å²) in [6.45, 7) is -0.0284. The van der Waals surface area contributed by atoms with Gasteiger partial charge in [-0.1, -0.05) is 24.3 Å². The number of carbonyl (C=O) groups is 1. The van der Waals surface area contributed by atoms with E-state index >= 15 is 0 Å². The topological polar surface area (TPSA) is 47.6 Å². The number of methoxy groups -OCH3 is 1. The molecule has 0 spiro atoms. The van der Waals surface area contributed by atoms with Crippen LogP contribution in [-0.4, -0.2) is 13.0 Å². The van der Waals surface area contributed by atoms with Crippen LogP contribution in [0.1, 0.15) is 22.3 Å². The Morgan fingerprint density at radius 1 is 1.09 bits per heavy atom. The molecule has 1 aliphatic heterocycles. The maximum atomic E-state index is 13.9. The minimum atomic E-state index is -4.51. The molecule has 9 heteroatoms. The summed E-state index contributed by atoms with van der Waals surface area (Å²) >= 11 is 3.40. The van der Waals surface area contributed by atoms with Gasteiger partial charge in [-0.15, -0.1) is 0 Å². The van der Waals surface area contributed by atoms with Crippen LogP contribution in [0.5, 0.6) is 11.5 Å². The van der Waals surface area contributed by atoms with Gasteiger partial charge < -0.3 is 14.8 Å². The summed E-state index contributed by atoms with van der Waals surface area (Å²) < 4.78 is 64.5. The van der Waals surface area contributed by atoms with Gasteiger partial charge in [-0.2, -0.15) is 13.2 Å². The van der Waals surface area contributed by atoms with E-state index in [1.165, 1.54) is 19.2 Å². The fraction of sp³-hybridized carbons (Fsp3) is 0.125. The average molecular weight is 522 g/mol. The first-order valence-electron chi connectivity index (χ1n) is 9.66. The fourth-order valence-electron chi connectivity index (χ4n) is 3.41. The van der Waals surface area contributed by atoms with Crippen molar-refractivity contribution in [1.29, 1.82) is 0 Å². The molecule has 0 saturated heterocycles. The molecule has 4 nitrogen and oxygen atoms in total. The molecule has 0 bridgehead atoms. The maximum Gasteiger partial charge on any atom is 0.416 e. The highest BCUT2D eigenvalue weighted by Gasteiger charge is 2.33. The summed E-state index contributed by atoms with van der Waals surface area (Å²) in [7, 11) is 1.44. The first kappa shape index (κ1) is 22.8. The second kappa shape index (κ2) is 8.90. The van der Waals surface area contributed by atoms with Gasteiger partial charge in [0.2, 0.25) is 0 Å². The molecule has 1 amide bonds. The van der Waals surface area contributed by atoms with E-state index in [1.54, 1.807) is 36.4 Å². The molecule has 0 aromatic heterocycles. The van der Waals surface area contributed by atoms with Crippen LogP contribution in [0.4, 0.5) is 23.2 Å². The number of benzene rings is 3. The van der Waals surface area contributed by atoms with Crippen molar-refractivity contribution in [2.24, 2.45) is 0 Å². The monoisotopic (exact) mass is 521 g/mol. The zero-order chi connectivity index (χ0) is 23.8. The largest absolute Gasteiger partial charge is 0.493 e. The van der Waals surface area contributed by atoms with E-state index in [9.17, 15) is 22.4 Å². The number of hydrogen-bond acceptors (Lipinski definition) is 3. The molecule has 1 heterocycles. The predicted octanol–water partition coefficient (Wildman–Crippen LogP) is 6.69. The van der Waals surface area contributed by atoms with Crippen molar-refractivity contribution in [1.82, 2.24) is 0 Å². The average Bonchev–Trinajstić information content (AvgIpc) is 3.07. The smallest absolute Gasteiger partial charge is 0.416 e. The second-order valence-electron chi connectivity index (χ2n) is 7.18. The quantitative estimate of drug-likeness (QED) is 0.300. The Morgan fingerprint density at radius 2 is 1.85 bits per heavy atom. The van der Waals surface area contributed by atoms with E-state index in [0.29, 0.717) is 32.7 Å². The summed E-state index contributed by atoms with van der Waals surface area (Å²) in [4.78, 5) is 12.4. The Hall–Kier alpha value is -3.33. The number of alkyl halides is 3. The fourth-order valence-corrected chi connectivity index (χ4v) is 3.98. The van der Waals surface area contributed by atoms with Crippen molar-refractivity contribution in [3.8, 4) is 11.5 Å². The summed E-state index contributed by atoms with van der Waals surface area (Å²) in [5, 5.41) is 2.47. The number of ether oxygens (including phenoxy) is 2. The van der Waals surface area contributed by atoms with E-state index in [0.717, 1.165) is 12.1 Å². The van der Waals surface area contributed by atoms with Gasteiger partial charge in [0.15, 0.2) is 11.5 Å². The summed E-state index contributed by atoms with van der Waals surface area (Å²) in [5.41, 5.74) is 0.751. The molecule has 1 N–H and O–H groups in total.